The normalized spacial score (nSPS) is 25.8. The predicted molar refractivity (Wildman–Crippen MR) is 65.8 cm³/mol. The van der Waals surface area contributed by atoms with Crippen LogP contribution in [0.3, 0.4) is 0 Å². The number of aromatic nitrogens is 1. The molecule has 1 heterocycles. The zero-order valence-electron chi connectivity index (χ0n) is 11.1. The van der Waals surface area contributed by atoms with Crippen LogP contribution in [0.4, 0.5) is 19.0 Å². The zero-order chi connectivity index (χ0) is 14.3. The maximum absolute atomic E-state index is 12.4. The second kappa shape index (κ2) is 4.67. The smallest absolute Gasteiger partial charge is 0.381 e. The Morgan fingerprint density at radius 1 is 1.37 bits per heavy atom. The van der Waals surface area contributed by atoms with Crippen molar-refractivity contribution < 1.29 is 17.9 Å². The van der Waals surface area contributed by atoms with E-state index in [0.717, 1.165) is 18.7 Å². The molecule has 2 atom stereocenters. The third kappa shape index (κ3) is 2.68. The average molecular weight is 274 g/mol. The molecule has 0 radical (unpaired) electrons. The van der Waals surface area contributed by atoms with E-state index >= 15 is 0 Å². The Hall–Kier alpha value is -1.30. The van der Waals surface area contributed by atoms with E-state index in [1.54, 1.807) is 7.11 Å². The van der Waals surface area contributed by atoms with Crippen LogP contribution < -0.4 is 5.32 Å². The lowest BCUT2D eigenvalue weighted by Gasteiger charge is -2.51. The summed E-state index contributed by atoms with van der Waals surface area (Å²) in [5.41, 5.74) is -0.792. The molecule has 1 N–H and O–H groups in total. The Balaban J connectivity index is 2.02. The highest BCUT2D eigenvalue weighted by molar-refractivity contribution is 5.39. The van der Waals surface area contributed by atoms with Crippen LogP contribution in [-0.4, -0.2) is 24.2 Å². The molecule has 0 bridgehead atoms. The number of methoxy groups -OCH3 is 1. The summed E-state index contributed by atoms with van der Waals surface area (Å²) in [5, 5.41) is 3.15. The van der Waals surface area contributed by atoms with E-state index < -0.39 is 11.7 Å². The Bertz CT molecular complexity index is 442. The summed E-state index contributed by atoms with van der Waals surface area (Å²) in [4.78, 5) is 3.81. The van der Waals surface area contributed by atoms with Crippen LogP contribution in [0, 0.1) is 5.41 Å². The summed E-state index contributed by atoms with van der Waals surface area (Å²) in [6.07, 6.45) is -2.50. The van der Waals surface area contributed by atoms with Gasteiger partial charge in [0.2, 0.25) is 0 Å². The standard InChI is InChI=1S/C13H17F3N2O/c1-12(2)9(6-10(12)19-3)18-11-5-4-8(7-17-11)13(14,15)16/h4-5,7,9-10H,6H2,1-3H3,(H,17,18). The third-order valence-corrected chi connectivity index (χ3v) is 3.88. The molecule has 1 aliphatic carbocycles. The number of nitrogens with one attached hydrogen (secondary N) is 1. The maximum Gasteiger partial charge on any atom is 0.417 e. The molecule has 1 aromatic heterocycles. The van der Waals surface area contributed by atoms with Crippen molar-refractivity contribution in [1.82, 2.24) is 4.98 Å². The first-order chi connectivity index (χ1) is 8.75. The van der Waals surface area contributed by atoms with Gasteiger partial charge in [-0.15, -0.1) is 0 Å². The lowest BCUT2D eigenvalue weighted by molar-refractivity contribution is -0.137. The number of nitrogens with zero attached hydrogens (tertiary/aromatic N) is 1. The molecule has 2 rings (SSSR count). The van der Waals surface area contributed by atoms with Gasteiger partial charge in [-0.25, -0.2) is 4.98 Å². The van der Waals surface area contributed by atoms with Crippen molar-refractivity contribution in [2.24, 2.45) is 5.41 Å². The summed E-state index contributed by atoms with van der Waals surface area (Å²) >= 11 is 0. The highest BCUT2D eigenvalue weighted by Crippen LogP contribution is 2.43. The van der Waals surface area contributed by atoms with Gasteiger partial charge in [0.15, 0.2) is 0 Å². The molecule has 3 nitrogen and oxygen atoms in total. The van der Waals surface area contributed by atoms with Crippen molar-refractivity contribution in [2.75, 3.05) is 12.4 Å². The number of rotatable bonds is 3. The lowest BCUT2D eigenvalue weighted by Crippen LogP contribution is -2.57. The van der Waals surface area contributed by atoms with Crippen LogP contribution in [0.25, 0.3) is 0 Å². The van der Waals surface area contributed by atoms with Crippen molar-refractivity contribution in [1.29, 1.82) is 0 Å². The Morgan fingerprint density at radius 3 is 2.47 bits per heavy atom. The van der Waals surface area contributed by atoms with Gasteiger partial charge >= 0.3 is 6.18 Å². The molecular weight excluding hydrogens is 257 g/mol. The largest absolute Gasteiger partial charge is 0.417 e. The van der Waals surface area contributed by atoms with Gasteiger partial charge in [0.05, 0.1) is 11.7 Å². The monoisotopic (exact) mass is 274 g/mol. The van der Waals surface area contributed by atoms with Gasteiger partial charge < -0.3 is 10.1 Å². The van der Waals surface area contributed by atoms with Gasteiger partial charge in [-0.05, 0) is 18.6 Å². The molecule has 19 heavy (non-hydrogen) atoms. The third-order valence-electron chi connectivity index (χ3n) is 3.88. The van der Waals surface area contributed by atoms with Crippen LogP contribution in [0.1, 0.15) is 25.8 Å². The number of alkyl halides is 3. The second-order valence-corrected chi connectivity index (χ2v) is 5.41. The topological polar surface area (TPSA) is 34.1 Å². The highest BCUT2D eigenvalue weighted by atomic mass is 19.4. The van der Waals surface area contributed by atoms with E-state index in [0.29, 0.717) is 5.82 Å². The molecule has 0 spiro atoms. The minimum atomic E-state index is -4.34. The molecule has 2 unspecified atom stereocenters. The molecule has 0 saturated heterocycles. The molecule has 106 valence electrons. The van der Waals surface area contributed by atoms with E-state index in [2.05, 4.69) is 24.1 Å². The van der Waals surface area contributed by atoms with E-state index in [4.69, 9.17) is 4.74 Å². The number of halogens is 3. The van der Waals surface area contributed by atoms with Crippen molar-refractivity contribution in [3.05, 3.63) is 23.9 Å². The van der Waals surface area contributed by atoms with Crippen LogP contribution in [0.15, 0.2) is 18.3 Å². The predicted octanol–water partition coefficient (Wildman–Crippen LogP) is 3.33. The number of hydrogen-bond donors (Lipinski definition) is 1. The van der Waals surface area contributed by atoms with Crippen molar-refractivity contribution in [3.8, 4) is 0 Å². The van der Waals surface area contributed by atoms with Gasteiger partial charge in [-0.1, -0.05) is 13.8 Å². The molecule has 0 aliphatic heterocycles. The number of anilines is 1. The Morgan fingerprint density at radius 2 is 2.05 bits per heavy atom. The minimum Gasteiger partial charge on any atom is -0.381 e. The minimum absolute atomic E-state index is 0.0564. The van der Waals surface area contributed by atoms with Gasteiger partial charge in [0, 0.05) is 24.8 Å². The first-order valence-corrected chi connectivity index (χ1v) is 6.07. The first-order valence-electron chi connectivity index (χ1n) is 6.07. The van der Waals surface area contributed by atoms with Crippen molar-refractivity contribution in [2.45, 2.75) is 38.6 Å². The first kappa shape index (κ1) is 14.1. The molecule has 1 aromatic rings. The Labute approximate surface area is 110 Å². The highest BCUT2D eigenvalue weighted by Gasteiger charge is 2.48. The molecule has 0 aromatic carbocycles. The fraction of sp³-hybridized carbons (Fsp3) is 0.615. The molecule has 1 aliphatic rings. The summed E-state index contributed by atoms with van der Waals surface area (Å²) in [6.45, 7) is 4.12. The van der Waals surface area contributed by atoms with Gasteiger partial charge in [0.25, 0.3) is 0 Å². The van der Waals surface area contributed by atoms with Crippen LogP contribution in [-0.2, 0) is 10.9 Å². The molecule has 1 saturated carbocycles. The number of ether oxygens (including phenoxy) is 1. The zero-order valence-corrected chi connectivity index (χ0v) is 11.1. The van der Waals surface area contributed by atoms with Crippen molar-refractivity contribution in [3.63, 3.8) is 0 Å². The number of pyridine rings is 1. The van der Waals surface area contributed by atoms with E-state index in [-0.39, 0.29) is 17.6 Å². The van der Waals surface area contributed by atoms with E-state index in [1.165, 1.54) is 6.07 Å². The Kier molecular flexibility index (Phi) is 3.47. The van der Waals surface area contributed by atoms with E-state index in [1.807, 2.05) is 0 Å². The summed E-state index contributed by atoms with van der Waals surface area (Å²) in [6, 6.07) is 2.55. The SMILES string of the molecule is COC1CC(Nc2ccc(C(F)(F)F)cn2)C1(C)C. The fourth-order valence-corrected chi connectivity index (χ4v) is 2.36. The fourth-order valence-electron chi connectivity index (χ4n) is 2.36. The molecule has 1 fully saturated rings. The van der Waals surface area contributed by atoms with Gasteiger partial charge in [0.1, 0.15) is 5.82 Å². The van der Waals surface area contributed by atoms with Crippen LogP contribution in [0.5, 0.6) is 0 Å². The summed E-state index contributed by atoms with van der Waals surface area (Å²) in [7, 11) is 1.67. The molecule has 0 amide bonds. The maximum atomic E-state index is 12.4. The average Bonchev–Trinajstić information content (AvgIpc) is 2.33. The summed E-state index contributed by atoms with van der Waals surface area (Å²) < 4.78 is 42.5. The summed E-state index contributed by atoms with van der Waals surface area (Å²) in [5.74, 6) is 0.459. The number of hydrogen-bond acceptors (Lipinski definition) is 3. The second-order valence-electron chi connectivity index (χ2n) is 5.41. The van der Waals surface area contributed by atoms with Crippen molar-refractivity contribution >= 4 is 5.82 Å². The van der Waals surface area contributed by atoms with Gasteiger partial charge in [-0.3, -0.25) is 0 Å². The quantitative estimate of drug-likeness (QED) is 0.918. The van der Waals surface area contributed by atoms with Gasteiger partial charge in [-0.2, -0.15) is 13.2 Å². The lowest BCUT2D eigenvalue weighted by atomic mass is 9.64. The van der Waals surface area contributed by atoms with Crippen LogP contribution >= 0.6 is 0 Å². The van der Waals surface area contributed by atoms with Crippen LogP contribution in [0.2, 0.25) is 0 Å². The molecular formula is C13H17F3N2O. The molecule has 6 heteroatoms. The van der Waals surface area contributed by atoms with E-state index in [9.17, 15) is 13.2 Å².